The number of nitrogens with two attached hydrogens (primary N) is 1. The van der Waals surface area contributed by atoms with Crippen molar-refractivity contribution in [3.63, 3.8) is 0 Å². The molecule has 1 amide bonds. The number of benzene rings is 1. The molecule has 206 valence electrons. The van der Waals surface area contributed by atoms with Crippen LogP contribution in [0.25, 0.3) is 11.0 Å². The molecule has 0 saturated carbocycles. The van der Waals surface area contributed by atoms with Crippen LogP contribution in [-0.4, -0.2) is 55.4 Å². The standard InChI is InChI=1S/C27H37N5O6/c1-25(2,3)37-24(33)29-14-17-8-7-9-18(12-17)35-15-20-27(6,38-26(4,5)34)13-21(36-20)32-11-10-19-22(28)30-16-31-23(19)32/h7-12,16,20-21,34H,13-15H2,1-6H3,(H,29,33)(H2,28,30,31). The van der Waals surface area contributed by atoms with Crippen molar-refractivity contribution < 1.29 is 28.8 Å². The fourth-order valence-corrected chi connectivity index (χ4v) is 4.55. The van der Waals surface area contributed by atoms with Gasteiger partial charge >= 0.3 is 6.09 Å². The van der Waals surface area contributed by atoms with Crippen LogP contribution in [0, 0.1) is 0 Å². The maximum absolute atomic E-state index is 12.0. The normalized spacial score (nSPS) is 22.0. The van der Waals surface area contributed by atoms with E-state index in [4.69, 9.17) is 24.7 Å². The van der Waals surface area contributed by atoms with Crippen LogP contribution in [0.5, 0.6) is 5.75 Å². The molecule has 11 nitrogen and oxygen atoms in total. The van der Waals surface area contributed by atoms with Gasteiger partial charge in [0.1, 0.15) is 53.7 Å². The molecule has 11 heteroatoms. The zero-order chi connectivity index (χ0) is 27.7. The molecule has 3 aromatic rings. The summed E-state index contributed by atoms with van der Waals surface area (Å²) in [5.41, 5.74) is 6.07. The lowest BCUT2D eigenvalue weighted by Gasteiger charge is -2.35. The van der Waals surface area contributed by atoms with Gasteiger partial charge in [0.05, 0.1) is 5.39 Å². The minimum Gasteiger partial charge on any atom is -0.491 e. The molecule has 3 atom stereocenters. The largest absolute Gasteiger partial charge is 0.491 e. The molecule has 1 aliphatic rings. The van der Waals surface area contributed by atoms with E-state index in [0.717, 1.165) is 10.9 Å². The second kappa shape index (κ2) is 10.4. The first-order valence-corrected chi connectivity index (χ1v) is 12.6. The average Bonchev–Trinajstić information content (AvgIpc) is 3.36. The summed E-state index contributed by atoms with van der Waals surface area (Å²) in [6.45, 7) is 11.0. The lowest BCUT2D eigenvalue weighted by atomic mass is 9.96. The summed E-state index contributed by atoms with van der Waals surface area (Å²) in [7, 11) is 0. The summed E-state index contributed by atoms with van der Waals surface area (Å²) in [5.74, 6) is -0.384. The van der Waals surface area contributed by atoms with Gasteiger partial charge in [-0.05, 0) is 65.3 Å². The van der Waals surface area contributed by atoms with E-state index in [1.54, 1.807) is 13.8 Å². The first-order chi connectivity index (χ1) is 17.7. The number of amides is 1. The van der Waals surface area contributed by atoms with E-state index in [9.17, 15) is 9.90 Å². The van der Waals surface area contributed by atoms with Crippen molar-refractivity contribution >= 4 is 22.9 Å². The Balaban J connectivity index is 1.47. The highest BCUT2D eigenvalue weighted by molar-refractivity contribution is 5.86. The molecular formula is C27H37N5O6. The predicted octanol–water partition coefficient (Wildman–Crippen LogP) is 3.91. The minimum atomic E-state index is -1.39. The molecule has 3 unspecified atom stereocenters. The number of carbonyl (C=O) groups is 1. The first kappa shape index (κ1) is 27.6. The summed E-state index contributed by atoms with van der Waals surface area (Å²) < 4.78 is 25.8. The minimum absolute atomic E-state index is 0.169. The summed E-state index contributed by atoms with van der Waals surface area (Å²) in [6.07, 6.45) is 2.29. The van der Waals surface area contributed by atoms with Crippen LogP contribution in [0.2, 0.25) is 0 Å². The van der Waals surface area contributed by atoms with E-state index in [-0.39, 0.29) is 6.61 Å². The number of nitrogens with zero attached hydrogens (tertiary/aromatic N) is 3. The smallest absolute Gasteiger partial charge is 0.407 e. The van der Waals surface area contributed by atoms with E-state index in [0.29, 0.717) is 30.2 Å². The van der Waals surface area contributed by atoms with Crippen molar-refractivity contribution in [3.8, 4) is 5.75 Å². The number of nitrogens with one attached hydrogen (secondary N) is 1. The molecule has 4 N–H and O–H groups in total. The van der Waals surface area contributed by atoms with Crippen molar-refractivity contribution in [2.45, 2.75) is 83.8 Å². The molecule has 38 heavy (non-hydrogen) atoms. The Morgan fingerprint density at radius 2 is 2.03 bits per heavy atom. The molecule has 2 aromatic heterocycles. The number of fused-ring (bicyclic) bond motifs is 1. The van der Waals surface area contributed by atoms with E-state index in [1.807, 2.05) is 68.8 Å². The van der Waals surface area contributed by atoms with Crippen LogP contribution in [0.4, 0.5) is 10.6 Å². The van der Waals surface area contributed by atoms with Gasteiger partial charge in [0.2, 0.25) is 0 Å². The molecule has 1 saturated heterocycles. The molecule has 1 aromatic carbocycles. The Labute approximate surface area is 222 Å². The summed E-state index contributed by atoms with van der Waals surface area (Å²) in [6, 6.07) is 9.26. The van der Waals surface area contributed by atoms with Crippen LogP contribution < -0.4 is 15.8 Å². The fourth-order valence-electron chi connectivity index (χ4n) is 4.55. The van der Waals surface area contributed by atoms with Gasteiger partial charge in [0, 0.05) is 19.2 Å². The number of nitrogen functional groups attached to an aromatic ring is 1. The van der Waals surface area contributed by atoms with Gasteiger partial charge in [-0.25, -0.2) is 14.8 Å². The van der Waals surface area contributed by atoms with Crippen molar-refractivity contribution in [1.29, 1.82) is 0 Å². The predicted molar refractivity (Wildman–Crippen MR) is 141 cm³/mol. The van der Waals surface area contributed by atoms with Crippen LogP contribution >= 0.6 is 0 Å². The highest BCUT2D eigenvalue weighted by Crippen LogP contribution is 2.42. The maximum Gasteiger partial charge on any atom is 0.407 e. The summed E-state index contributed by atoms with van der Waals surface area (Å²) in [5, 5.41) is 14.0. The summed E-state index contributed by atoms with van der Waals surface area (Å²) in [4.78, 5) is 20.4. The number of aromatic nitrogens is 3. The average molecular weight is 528 g/mol. The molecule has 0 bridgehead atoms. The Morgan fingerprint density at radius 1 is 1.26 bits per heavy atom. The van der Waals surface area contributed by atoms with Crippen molar-refractivity contribution in [3.05, 3.63) is 48.4 Å². The number of ether oxygens (including phenoxy) is 4. The van der Waals surface area contributed by atoms with Gasteiger partial charge in [-0.1, -0.05) is 12.1 Å². The van der Waals surface area contributed by atoms with Crippen LogP contribution in [0.15, 0.2) is 42.9 Å². The number of rotatable bonds is 8. The lowest BCUT2D eigenvalue weighted by molar-refractivity contribution is -0.253. The Kier molecular flexibility index (Phi) is 7.55. The van der Waals surface area contributed by atoms with Crippen LogP contribution in [0.1, 0.15) is 59.8 Å². The fraction of sp³-hybridized carbons (Fsp3) is 0.519. The summed E-state index contributed by atoms with van der Waals surface area (Å²) >= 11 is 0. The van der Waals surface area contributed by atoms with Crippen molar-refractivity contribution in [2.75, 3.05) is 12.3 Å². The number of hydrogen-bond donors (Lipinski definition) is 3. The van der Waals surface area contributed by atoms with Gasteiger partial charge in [-0.15, -0.1) is 0 Å². The Hall–Kier alpha value is -3.41. The van der Waals surface area contributed by atoms with Crippen LogP contribution in [-0.2, 0) is 20.8 Å². The van der Waals surface area contributed by atoms with Gasteiger partial charge < -0.3 is 39.7 Å². The van der Waals surface area contributed by atoms with Gasteiger partial charge in [0.25, 0.3) is 0 Å². The molecule has 3 heterocycles. The molecule has 0 aliphatic carbocycles. The quantitative estimate of drug-likeness (QED) is 0.372. The lowest BCUT2D eigenvalue weighted by Crippen LogP contribution is -2.47. The number of alkyl carbamates (subject to hydrolysis) is 1. The highest BCUT2D eigenvalue weighted by atomic mass is 16.7. The molecular weight excluding hydrogens is 490 g/mol. The van der Waals surface area contributed by atoms with E-state index < -0.39 is 35.4 Å². The zero-order valence-corrected chi connectivity index (χ0v) is 22.7. The number of anilines is 1. The monoisotopic (exact) mass is 527 g/mol. The number of carbonyl (C=O) groups excluding carboxylic acids is 1. The Morgan fingerprint density at radius 3 is 2.74 bits per heavy atom. The maximum atomic E-state index is 12.0. The van der Waals surface area contributed by atoms with E-state index in [1.165, 1.54) is 6.33 Å². The molecule has 1 aliphatic heterocycles. The van der Waals surface area contributed by atoms with E-state index in [2.05, 4.69) is 15.3 Å². The van der Waals surface area contributed by atoms with E-state index >= 15 is 0 Å². The second-order valence-electron chi connectivity index (χ2n) is 11.2. The zero-order valence-electron chi connectivity index (χ0n) is 22.7. The molecule has 0 spiro atoms. The number of hydrogen-bond acceptors (Lipinski definition) is 9. The third-order valence-corrected chi connectivity index (χ3v) is 6.05. The second-order valence-corrected chi connectivity index (χ2v) is 11.2. The Bertz CT molecular complexity index is 1280. The molecule has 0 radical (unpaired) electrons. The molecule has 4 rings (SSSR count). The van der Waals surface area contributed by atoms with Crippen molar-refractivity contribution in [1.82, 2.24) is 19.9 Å². The first-order valence-electron chi connectivity index (χ1n) is 12.6. The topological polar surface area (TPSA) is 143 Å². The van der Waals surface area contributed by atoms with Gasteiger partial charge in [0.15, 0.2) is 5.79 Å². The third-order valence-electron chi connectivity index (χ3n) is 6.05. The number of aliphatic hydroxyl groups is 1. The van der Waals surface area contributed by atoms with Gasteiger partial charge in [-0.3, -0.25) is 0 Å². The highest BCUT2D eigenvalue weighted by Gasteiger charge is 2.50. The SMILES string of the molecule is CC(C)(C)OC(=O)NCc1cccc(OCC2OC(n3ccc4c(N)ncnc43)CC2(C)OC(C)(C)O)c1. The molecule has 1 fully saturated rings. The van der Waals surface area contributed by atoms with Crippen LogP contribution in [0.3, 0.4) is 0 Å². The van der Waals surface area contributed by atoms with Crippen molar-refractivity contribution in [2.24, 2.45) is 0 Å². The van der Waals surface area contributed by atoms with Gasteiger partial charge in [-0.2, -0.15) is 0 Å². The third kappa shape index (κ3) is 6.72.